The van der Waals surface area contributed by atoms with Crippen molar-refractivity contribution in [3.05, 3.63) is 35.8 Å². The number of methoxy groups -OCH3 is 1. The summed E-state index contributed by atoms with van der Waals surface area (Å²) in [5, 5.41) is 26.3. The lowest BCUT2D eigenvalue weighted by atomic mass is 10.2. The average Bonchev–Trinajstić information content (AvgIpc) is 2.15. The second-order valence-electron chi connectivity index (χ2n) is 2.30. The van der Waals surface area contributed by atoms with Crippen LogP contribution in [0.1, 0.15) is 0 Å². The summed E-state index contributed by atoms with van der Waals surface area (Å²) >= 11 is 0. The summed E-state index contributed by atoms with van der Waals surface area (Å²) in [7, 11) is 1.29. The molecule has 0 saturated carbocycles. The quantitative estimate of drug-likeness (QED) is 0.343. The maximum absolute atomic E-state index is 10.5. The second kappa shape index (κ2) is 5.82. The SMILES string of the molecule is C=C(OC)/C(O)=C\C(=C/CO)C(=O)O. The first-order valence-corrected chi connectivity index (χ1v) is 3.71. The third kappa shape index (κ3) is 3.77. The van der Waals surface area contributed by atoms with Crippen molar-refractivity contribution in [2.45, 2.75) is 0 Å². The first-order valence-electron chi connectivity index (χ1n) is 3.71. The van der Waals surface area contributed by atoms with Crippen LogP contribution < -0.4 is 0 Å². The highest BCUT2D eigenvalue weighted by Crippen LogP contribution is 2.08. The third-order valence-corrected chi connectivity index (χ3v) is 1.38. The van der Waals surface area contributed by atoms with Gasteiger partial charge in [-0.05, 0) is 12.2 Å². The maximum atomic E-state index is 10.5. The maximum Gasteiger partial charge on any atom is 0.335 e. The standard InChI is InChI=1S/C9H12O5/c1-6(14-2)8(11)5-7(3-4-10)9(12)13/h3,5,10-11H,1,4H2,2H3,(H,12,13)/b7-3+,8-5+. The van der Waals surface area contributed by atoms with Gasteiger partial charge in [0.1, 0.15) is 0 Å². The van der Waals surface area contributed by atoms with E-state index in [1.54, 1.807) is 0 Å². The number of carboxylic acid groups (broad SMARTS) is 1. The number of hydrogen-bond acceptors (Lipinski definition) is 4. The van der Waals surface area contributed by atoms with Crippen LogP contribution in [0, 0.1) is 0 Å². The van der Waals surface area contributed by atoms with Crippen LogP contribution >= 0.6 is 0 Å². The van der Waals surface area contributed by atoms with Gasteiger partial charge in [-0.1, -0.05) is 6.58 Å². The summed E-state index contributed by atoms with van der Waals surface area (Å²) in [6.45, 7) is 2.90. The Hall–Kier alpha value is -1.75. The Bertz CT molecular complexity index is 288. The van der Waals surface area contributed by atoms with E-state index in [-0.39, 0.29) is 11.3 Å². The van der Waals surface area contributed by atoms with Gasteiger partial charge in [-0.25, -0.2) is 4.79 Å². The normalized spacial score (nSPS) is 12.4. The Morgan fingerprint density at radius 3 is 2.43 bits per heavy atom. The molecule has 0 aromatic rings. The topological polar surface area (TPSA) is 87.0 Å². The molecule has 0 saturated heterocycles. The van der Waals surface area contributed by atoms with Gasteiger partial charge in [0.2, 0.25) is 0 Å². The van der Waals surface area contributed by atoms with Crippen molar-refractivity contribution in [1.82, 2.24) is 0 Å². The highest BCUT2D eigenvalue weighted by molar-refractivity contribution is 5.90. The Labute approximate surface area is 81.2 Å². The van der Waals surface area contributed by atoms with E-state index in [0.717, 1.165) is 12.2 Å². The van der Waals surface area contributed by atoms with Crippen LogP contribution in [0.3, 0.4) is 0 Å². The van der Waals surface area contributed by atoms with Gasteiger partial charge >= 0.3 is 5.97 Å². The van der Waals surface area contributed by atoms with Gasteiger partial charge in [0.25, 0.3) is 0 Å². The van der Waals surface area contributed by atoms with Crippen LogP contribution in [0.15, 0.2) is 35.8 Å². The van der Waals surface area contributed by atoms with Crippen molar-refractivity contribution < 1.29 is 24.9 Å². The van der Waals surface area contributed by atoms with Crippen molar-refractivity contribution in [2.75, 3.05) is 13.7 Å². The zero-order valence-corrected chi connectivity index (χ0v) is 7.73. The van der Waals surface area contributed by atoms with Crippen LogP contribution in [0.4, 0.5) is 0 Å². The molecule has 78 valence electrons. The summed E-state index contributed by atoms with van der Waals surface area (Å²) in [5.74, 6) is -1.70. The van der Waals surface area contributed by atoms with E-state index < -0.39 is 18.3 Å². The molecule has 0 bridgehead atoms. The van der Waals surface area contributed by atoms with Gasteiger partial charge in [-0.3, -0.25) is 0 Å². The third-order valence-electron chi connectivity index (χ3n) is 1.38. The molecule has 0 aromatic carbocycles. The molecule has 0 rings (SSSR count). The zero-order valence-electron chi connectivity index (χ0n) is 7.73. The summed E-state index contributed by atoms with van der Waals surface area (Å²) in [5.41, 5.74) is -0.233. The molecule has 0 fully saturated rings. The van der Waals surface area contributed by atoms with Gasteiger partial charge in [-0.2, -0.15) is 0 Å². The molecular formula is C9H12O5. The first-order chi connectivity index (χ1) is 6.52. The predicted octanol–water partition coefficient (Wildman–Crippen LogP) is 0.592. The molecule has 0 amide bonds. The van der Waals surface area contributed by atoms with Gasteiger partial charge in [-0.15, -0.1) is 0 Å². The molecule has 0 heterocycles. The van der Waals surface area contributed by atoms with E-state index in [0.29, 0.717) is 0 Å². The molecular weight excluding hydrogens is 188 g/mol. The zero-order chi connectivity index (χ0) is 11.1. The fraction of sp³-hybridized carbons (Fsp3) is 0.222. The fourth-order valence-corrected chi connectivity index (χ4v) is 0.639. The Balaban J connectivity index is 4.82. The van der Waals surface area contributed by atoms with E-state index in [9.17, 15) is 9.90 Å². The summed E-state index contributed by atoms with van der Waals surface area (Å²) < 4.78 is 4.58. The van der Waals surface area contributed by atoms with Crippen molar-refractivity contribution in [1.29, 1.82) is 0 Å². The van der Waals surface area contributed by atoms with E-state index in [2.05, 4.69) is 11.3 Å². The predicted molar refractivity (Wildman–Crippen MR) is 49.7 cm³/mol. The first kappa shape index (κ1) is 12.2. The van der Waals surface area contributed by atoms with Crippen LogP contribution in [0.2, 0.25) is 0 Å². The molecule has 0 aromatic heterocycles. The van der Waals surface area contributed by atoms with Gasteiger partial charge in [0, 0.05) is 0 Å². The van der Waals surface area contributed by atoms with E-state index in [1.165, 1.54) is 7.11 Å². The van der Waals surface area contributed by atoms with Gasteiger partial charge in [0.05, 0.1) is 19.3 Å². The molecule has 14 heavy (non-hydrogen) atoms. The Kier molecular flexibility index (Phi) is 5.09. The number of carbonyl (C=O) groups is 1. The average molecular weight is 200 g/mol. The number of aliphatic carboxylic acids is 1. The highest BCUT2D eigenvalue weighted by atomic mass is 16.5. The van der Waals surface area contributed by atoms with Crippen molar-refractivity contribution in [3.8, 4) is 0 Å². The van der Waals surface area contributed by atoms with E-state index in [4.69, 9.17) is 10.2 Å². The highest BCUT2D eigenvalue weighted by Gasteiger charge is 2.07. The number of carboxylic acids is 1. The largest absolute Gasteiger partial charge is 0.504 e. The van der Waals surface area contributed by atoms with Crippen LogP contribution in [-0.2, 0) is 9.53 Å². The minimum atomic E-state index is -1.26. The van der Waals surface area contributed by atoms with E-state index >= 15 is 0 Å². The number of ether oxygens (including phenoxy) is 1. The number of aliphatic hydroxyl groups excluding tert-OH is 2. The number of rotatable bonds is 5. The Morgan fingerprint density at radius 2 is 2.07 bits per heavy atom. The van der Waals surface area contributed by atoms with E-state index in [1.807, 2.05) is 0 Å². The summed E-state index contributed by atoms with van der Waals surface area (Å²) in [6, 6.07) is 0. The number of aliphatic hydroxyl groups is 2. The summed E-state index contributed by atoms with van der Waals surface area (Å²) in [6.07, 6.45) is 1.99. The fourth-order valence-electron chi connectivity index (χ4n) is 0.639. The van der Waals surface area contributed by atoms with Crippen molar-refractivity contribution >= 4 is 5.97 Å². The lowest BCUT2D eigenvalue weighted by Gasteiger charge is -2.02. The molecule has 5 nitrogen and oxygen atoms in total. The molecule has 0 aliphatic carbocycles. The van der Waals surface area contributed by atoms with Gasteiger partial charge < -0.3 is 20.1 Å². The molecule has 0 spiro atoms. The molecule has 3 N–H and O–H groups in total. The lowest BCUT2D eigenvalue weighted by molar-refractivity contribution is -0.132. The second-order valence-corrected chi connectivity index (χ2v) is 2.30. The minimum absolute atomic E-state index is 0.0462. The smallest absolute Gasteiger partial charge is 0.335 e. The molecule has 0 aliphatic heterocycles. The lowest BCUT2D eigenvalue weighted by Crippen LogP contribution is -2.01. The van der Waals surface area contributed by atoms with Crippen LogP contribution in [0.25, 0.3) is 0 Å². The monoisotopic (exact) mass is 200 g/mol. The molecule has 5 heteroatoms. The number of hydrogen-bond donors (Lipinski definition) is 3. The van der Waals surface area contributed by atoms with Crippen LogP contribution in [-0.4, -0.2) is 35.0 Å². The minimum Gasteiger partial charge on any atom is -0.504 e. The Morgan fingerprint density at radius 1 is 1.50 bits per heavy atom. The van der Waals surface area contributed by atoms with Crippen molar-refractivity contribution in [3.63, 3.8) is 0 Å². The van der Waals surface area contributed by atoms with Crippen LogP contribution in [0.5, 0.6) is 0 Å². The summed E-state index contributed by atoms with van der Waals surface area (Å²) in [4.78, 5) is 10.5. The molecule has 0 aliphatic rings. The van der Waals surface area contributed by atoms with Gasteiger partial charge in [0.15, 0.2) is 11.5 Å². The molecule has 0 unspecified atom stereocenters. The van der Waals surface area contributed by atoms with Crippen molar-refractivity contribution in [2.24, 2.45) is 0 Å². The molecule has 0 radical (unpaired) electrons. The molecule has 0 atom stereocenters.